The number of aromatic amines is 1. The second-order valence-corrected chi connectivity index (χ2v) is 5.27. The Hall–Kier alpha value is -0.480. The van der Waals surface area contributed by atoms with Crippen LogP contribution in [-0.4, -0.2) is 27.2 Å². The average molecular weight is 211 g/mol. The van der Waals surface area contributed by atoms with E-state index in [2.05, 4.69) is 48.5 Å². The van der Waals surface area contributed by atoms with Crippen molar-refractivity contribution < 1.29 is 0 Å². The molecule has 1 aliphatic rings. The van der Waals surface area contributed by atoms with Crippen LogP contribution in [0, 0.1) is 0 Å². The Bertz CT molecular complexity index is 338. The van der Waals surface area contributed by atoms with E-state index in [1.807, 2.05) is 0 Å². The lowest BCUT2D eigenvalue weighted by Gasteiger charge is -2.38. The first kappa shape index (κ1) is 10.1. The third kappa shape index (κ3) is 1.68. The number of hydrogen-bond donors (Lipinski definition) is 2. The van der Waals surface area contributed by atoms with Crippen LogP contribution in [0.25, 0.3) is 0 Å². The van der Waals surface area contributed by atoms with Gasteiger partial charge < -0.3 is 0 Å². The first-order valence-corrected chi connectivity index (χ1v) is 5.43. The van der Waals surface area contributed by atoms with Gasteiger partial charge in [0, 0.05) is 36.3 Å². The second kappa shape index (κ2) is 3.28. The maximum absolute atomic E-state index is 4.35. The summed E-state index contributed by atoms with van der Waals surface area (Å²) in [6, 6.07) is 0. The number of hydrogen-bond acceptors (Lipinski definition) is 3. The molecule has 3 nitrogen and oxygen atoms in total. The van der Waals surface area contributed by atoms with Crippen LogP contribution in [0.3, 0.4) is 0 Å². The fourth-order valence-corrected chi connectivity index (χ4v) is 2.11. The minimum absolute atomic E-state index is 0.231. The minimum Gasteiger partial charge on any atom is -0.294 e. The summed E-state index contributed by atoms with van der Waals surface area (Å²) in [6.45, 7) is 8.81. The van der Waals surface area contributed by atoms with Crippen molar-refractivity contribution in [1.29, 1.82) is 0 Å². The fraction of sp³-hybridized carbons (Fsp3) is 0.700. The van der Waals surface area contributed by atoms with E-state index in [1.54, 1.807) is 0 Å². The standard InChI is InChI=1S/C10H17N3S/c1-10(2,3)13-5-4-8-7(6-13)9(14)12-11-8/h4-6H2,1-3H3,(H2,11,12,14). The topological polar surface area (TPSA) is 31.9 Å². The molecule has 0 aromatic carbocycles. The van der Waals surface area contributed by atoms with Crippen molar-refractivity contribution in [3.63, 3.8) is 0 Å². The Labute approximate surface area is 90.3 Å². The minimum atomic E-state index is 0.231. The molecule has 2 heterocycles. The molecule has 0 spiro atoms. The predicted molar refractivity (Wildman–Crippen MR) is 59.7 cm³/mol. The molecular weight excluding hydrogens is 194 g/mol. The van der Waals surface area contributed by atoms with Gasteiger partial charge in [-0.2, -0.15) is 5.10 Å². The van der Waals surface area contributed by atoms with Gasteiger partial charge in [-0.1, -0.05) is 0 Å². The van der Waals surface area contributed by atoms with E-state index < -0.39 is 0 Å². The molecule has 0 radical (unpaired) electrons. The van der Waals surface area contributed by atoms with Crippen LogP contribution in [0.1, 0.15) is 32.0 Å². The van der Waals surface area contributed by atoms with Crippen molar-refractivity contribution in [3.05, 3.63) is 11.3 Å². The van der Waals surface area contributed by atoms with Crippen LogP contribution in [0.2, 0.25) is 0 Å². The molecule has 0 fully saturated rings. The first-order valence-electron chi connectivity index (χ1n) is 4.98. The summed E-state index contributed by atoms with van der Waals surface area (Å²) in [4.78, 5) is 2.46. The van der Waals surface area contributed by atoms with Crippen LogP contribution >= 0.6 is 12.6 Å². The SMILES string of the molecule is CC(C)(C)N1CCc2[nH]nc(S)c2C1. The van der Waals surface area contributed by atoms with Crippen LogP contribution < -0.4 is 0 Å². The van der Waals surface area contributed by atoms with E-state index in [0.29, 0.717) is 0 Å². The van der Waals surface area contributed by atoms with E-state index in [4.69, 9.17) is 0 Å². The summed E-state index contributed by atoms with van der Waals surface area (Å²) in [5.41, 5.74) is 2.76. The molecule has 1 aliphatic heterocycles. The predicted octanol–water partition coefficient (Wildman–Crippen LogP) is 1.85. The van der Waals surface area contributed by atoms with Gasteiger partial charge in [0.1, 0.15) is 5.03 Å². The highest BCUT2D eigenvalue weighted by Crippen LogP contribution is 2.26. The van der Waals surface area contributed by atoms with Crippen LogP contribution in [0.15, 0.2) is 5.03 Å². The maximum Gasteiger partial charge on any atom is 0.120 e. The molecule has 0 saturated carbocycles. The lowest BCUT2D eigenvalue weighted by atomic mass is 10.00. The highest BCUT2D eigenvalue weighted by atomic mass is 32.1. The Kier molecular flexibility index (Phi) is 2.35. The number of nitrogens with zero attached hydrogens (tertiary/aromatic N) is 2. The van der Waals surface area contributed by atoms with Crippen LogP contribution in [0.4, 0.5) is 0 Å². The molecule has 14 heavy (non-hydrogen) atoms. The van der Waals surface area contributed by atoms with Gasteiger partial charge in [0.05, 0.1) is 0 Å². The van der Waals surface area contributed by atoms with Crippen molar-refractivity contribution in [1.82, 2.24) is 15.1 Å². The van der Waals surface area contributed by atoms with E-state index >= 15 is 0 Å². The molecule has 4 heteroatoms. The van der Waals surface area contributed by atoms with Crippen molar-refractivity contribution in [2.45, 2.75) is 44.3 Å². The van der Waals surface area contributed by atoms with Gasteiger partial charge >= 0.3 is 0 Å². The summed E-state index contributed by atoms with van der Waals surface area (Å²) >= 11 is 4.35. The van der Waals surface area contributed by atoms with Gasteiger partial charge in [-0.15, -0.1) is 12.6 Å². The van der Waals surface area contributed by atoms with Gasteiger partial charge in [0.15, 0.2) is 0 Å². The molecule has 1 aromatic rings. The Morgan fingerprint density at radius 3 is 2.79 bits per heavy atom. The highest BCUT2D eigenvalue weighted by Gasteiger charge is 2.27. The average Bonchev–Trinajstić information content (AvgIpc) is 2.46. The fourth-order valence-electron chi connectivity index (χ4n) is 1.85. The number of nitrogens with one attached hydrogen (secondary N) is 1. The third-order valence-corrected chi connectivity index (χ3v) is 3.23. The Morgan fingerprint density at radius 2 is 2.14 bits per heavy atom. The van der Waals surface area contributed by atoms with Crippen molar-refractivity contribution in [2.75, 3.05) is 6.54 Å². The van der Waals surface area contributed by atoms with Gasteiger partial charge in [0.25, 0.3) is 0 Å². The molecule has 0 unspecified atom stereocenters. The van der Waals surface area contributed by atoms with Crippen molar-refractivity contribution in [2.24, 2.45) is 0 Å². The lowest BCUT2D eigenvalue weighted by Crippen LogP contribution is -2.44. The number of rotatable bonds is 0. The maximum atomic E-state index is 4.35. The number of aromatic nitrogens is 2. The van der Waals surface area contributed by atoms with Gasteiger partial charge in [-0.05, 0) is 20.8 Å². The van der Waals surface area contributed by atoms with E-state index in [0.717, 1.165) is 24.5 Å². The molecule has 1 aromatic heterocycles. The van der Waals surface area contributed by atoms with Crippen molar-refractivity contribution >= 4 is 12.6 Å². The van der Waals surface area contributed by atoms with E-state index in [9.17, 15) is 0 Å². The molecule has 0 bridgehead atoms. The zero-order valence-electron chi connectivity index (χ0n) is 8.96. The summed E-state index contributed by atoms with van der Waals surface area (Å²) in [5, 5.41) is 8.03. The molecule has 1 N–H and O–H groups in total. The lowest BCUT2D eigenvalue weighted by molar-refractivity contribution is 0.119. The Balaban J connectivity index is 2.24. The molecule has 0 aliphatic carbocycles. The van der Waals surface area contributed by atoms with Gasteiger partial charge in [-0.25, -0.2) is 0 Å². The summed E-state index contributed by atoms with van der Waals surface area (Å²) < 4.78 is 0. The van der Waals surface area contributed by atoms with Crippen LogP contribution in [-0.2, 0) is 13.0 Å². The highest BCUT2D eigenvalue weighted by molar-refractivity contribution is 7.80. The zero-order valence-corrected chi connectivity index (χ0v) is 9.86. The van der Waals surface area contributed by atoms with Crippen molar-refractivity contribution in [3.8, 4) is 0 Å². The van der Waals surface area contributed by atoms with Gasteiger partial charge in [-0.3, -0.25) is 10.00 Å². The summed E-state index contributed by atoms with van der Waals surface area (Å²) in [5.74, 6) is 0. The normalized spacial score (nSPS) is 18.3. The van der Waals surface area contributed by atoms with Crippen LogP contribution in [0.5, 0.6) is 0 Å². The molecular formula is C10H17N3S. The summed E-state index contributed by atoms with van der Waals surface area (Å²) in [6.07, 6.45) is 1.06. The zero-order chi connectivity index (χ0) is 10.3. The Morgan fingerprint density at radius 1 is 1.43 bits per heavy atom. The van der Waals surface area contributed by atoms with Gasteiger partial charge in [0.2, 0.25) is 0 Å². The molecule has 0 saturated heterocycles. The first-order chi connectivity index (χ1) is 6.48. The monoisotopic (exact) mass is 211 g/mol. The van der Waals surface area contributed by atoms with E-state index in [1.165, 1.54) is 11.3 Å². The van der Waals surface area contributed by atoms with E-state index in [-0.39, 0.29) is 5.54 Å². The molecule has 0 atom stereocenters. The second-order valence-electron chi connectivity index (χ2n) is 4.85. The largest absolute Gasteiger partial charge is 0.294 e. The summed E-state index contributed by atoms with van der Waals surface area (Å²) in [7, 11) is 0. The molecule has 2 rings (SSSR count). The number of H-pyrrole nitrogens is 1. The third-order valence-electron chi connectivity index (χ3n) is 2.86. The molecule has 78 valence electrons. The number of thiol groups is 1. The molecule has 0 amide bonds. The smallest absolute Gasteiger partial charge is 0.120 e. The number of fused-ring (bicyclic) bond motifs is 1. The quantitative estimate of drug-likeness (QED) is 0.642.